The number of hydrogen-bond donors (Lipinski definition) is 9. The number of nitrogens with zero attached hydrogens (tertiary/aromatic N) is 3. The minimum absolute atomic E-state index is 0.365. The van der Waals surface area contributed by atoms with E-state index in [-0.39, 0.29) is 0 Å². The van der Waals surface area contributed by atoms with Gasteiger partial charge in [0.1, 0.15) is 0 Å². The molecule has 1 saturated heterocycles. The third-order valence-corrected chi connectivity index (χ3v) is 13.3. The minimum atomic E-state index is 0.365. The Morgan fingerprint density at radius 1 is 0.350 bits per heavy atom. The molecule has 13 N–H and O–H groups in total. The van der Waals surface area contributed by atoms with E-state index in [4.69, 9.17) is 42.3 Å². The Hall–Kier alpha value is -0.600. The van der Waals surface area contributed by atoms with Crippen molar-refractivity contribution >= 4 is 0 Å². The quantitative estimate of drug-likeness (QED) is 0.0260. The molecule has 492 valence electrons. The highest BCUT2D eigenvalue weighted by molar-refractivity contribution is 4.72. The van der Waals surface area contributed by atoms with Gasteiger partial charge in [-0.05, 0) is 125 Å². The first-order valence-electron chi connectivity index (χ1n) is 34.2. The fourth-order valence-corrected chi connectivity index (χ4v) is 8.05. The van der Waals surface area contributed by atoms with Crippen molar-refractivity contribution < 1.29 is 19.3 Å². The number of ether oxygens (including phenoxy) is 3. The molecule has 80 heavy (non-hydrogen) atoms. The molecule has 0 radical (unpaired) electrons. The zero-order valence-corrected chi connectivity index (χ0v) is 56.2. The molecule has 0 aromatic carbocycles. The van der Waals surface area contributed by atoms with Gasteiger partial charge in [-0.15, -0.1) is 0 Å². The average Bonchev–Trinajstić information content (AvgIpc) is 3.47. The molecule has 1 aliphatic heterocycles. The number of nitrogens with two attached hydrogens (primary N) is 4. The normalized spacial score (nSPS) is 12.2. The van der Waals surface area contributed by atoms with E-state index in [1.165, 1.54) is 239 Å². The van der Waals surface area contributed by atoms with Crippen LogP contribution in [0.1, 0.15) is 241 Å². The van der Waals surface area contributed by atoms with E-state index in [1.807, 2.05) is 14.1 Å². The maximum Gasteiger partial charge on any atom is 0.0701 e. The van der Waals surface area contributed by atoms with Crippen LogP contribution in [0, 0.1) is 0 Å². The molecule has 1 rings (SSSR count). The van der Waals surface area contributed by atoms with E-state index < -0.39 is 0 Å². The van der Waals surface area contributed by atoms with Crippen molar-refractivity contribution in [3.05, 3.63) is 0 Å². The first-order valence-corrected chi connectivity index (χ1v) is 34.2. The zero-order chi connectivity index (χ0) is 60.6. The maximum absolute atomic E-state index is 8.37. The zero-order valence-electron chi connectivity index (χ0n) is 56.2. The summed E-state index contributed by atoms with van der Waals surface area (Å²) in [6, 6.07) is 0. The van der Waals surface area contributed by atoms with Gasteiger partial charge < -0.3 is 68.4 Å². The highest BCUT2D eigenvalue weighted by Gasteiger charge is 2.15. The fourth-order valence-electron chi connectivity index (χ4n) is 8.05. The molecule has 1 fully saturated rings. The second kappa shape index (κ2) is 94.8. The monoisotopic (exact) mass is 1150 g/mol. The molecule has 1 aliphatic rings. The van der Waals surface area contributed by atoms with E-state index >= 15 is 0 Å². The second-order valence-corrected chi connectivity index (χ2v) is 21.5. The van der Waals surface area contributed by atoms with Gasteiger partial charge >= 0.3 is 0 Å². The van der Waals surface area contributed by atoms with Crippen LogP contribution >= 0.6 is 0 Å². The molecule has 0 bridgehead atoms. The average molecular weight is 1150 g/mol. The summed E-state index contributed by atoms with van der Waals surface area (Å²) in [7, 11) is 6.08. The Balaban J connectivity index is -0.000000202. The van der Waals surface area contributed by atoms with E-state index in [9.17, 15) is 0 Å². The number of aliphatic hydroxyl groups excluding tert-OH is 1. The van der Waals surface area contributed by atoms with Gasteiger partial charge in [0.2, 0.25) is 0 Å². The van der Waals surface area contributed by atoms with Crippen molar-refractivity contribution in [3.8, 4) is 0 Å². The van der Waals surface area contributed by atoms with Gasteiger partial charge in [-0.3, -0.25) is 9.80 Å². The van der Waals surface area contributed by atoms with Crippen molar-refractivity contribution in [2.45, 2.75) is 241 Å². The molecule has 15 nitrogen and oxygen atoms in total. The van der Waals surface area contributed by atoms with Gasteiger partial charge in [-0.1, -0.05) is 183 Å². The number of aliphatic hydroxyl groups is 1. The summed E-state index contributed by atoms with van der Waals surface area (Å²) in [6.45, 7) is 39.5. The third kappa shape index (κ3) is 102. The van der Waals surface area contributed by atoms with E-state index in [2.05, 4.69) is 91.5 Å². The molecule has 0 aliphatic carbocycles. The van der Waals surface area contributed by atoms with Crippen LogP contribution in [0.25, 0.3) is 0 Å². The number of likely N-dealkylation sites (N-methyl/N-ethyl adjacent to an activating group) is 2. The summed E-state index contributed by atoms with van der Waals surface area (Å²) >= 11 is 0. The van der Waals surface area contributed by atoms with E-state index in [0.29, 0.717) is 33.0 Å². The number of piperazine rings is 1. The standard InChI is InChI=1S/C12H27N.C11H26N4.C11H26N2.C11H25N.C7H17NO2.C7H16O.C6H16N2O/c1-2-3-4-5-6-7-8-9-10-11-12-13;1-2-4-13-5-7-15-10-8-14(6-3-12)9-11-15;1-2-3-4-7-10-13-11-8-5-6-9-12;1-4-6-8-10-12(3)11-9-7-5-2;1-2-4-9-6-7-10-5-3-8;1-2-3-4-5-6-7-8;1-7-3-5-9-6-4-8-2/h2-13H2,1H3;13H,2-12H2,1H3;13H,2-12H2,1H3;4-11H2,1-3H3;2-8H2,1H3;8H,2-7H2,1H3;7-8H,3-6H2,1-2H3. The molecule has 1 heterocycles. The molecule has 0 atom stereocenters. The molecule has 0 spiro atoms. The van der Waals surface area contributed by atoms with Crippen LogP contribution in [0.2, 0.25) is 0 Å². The summed E-state index contributed by atoms with van der Waals surface area (Å²) in [6.07, 6.45) is 39.7. The van der Waals surface area contributed by atoms with Crippen molar-refractivity contribution in [3.63, 3.8) is 0 Å². The lowest BCUT2D eigenvalue weighted by Crippen LogP contribution is -2.49. The SMILES string of the molecule is CCCCCCCCCCCCN.CCCCCCCO.CCCCCCNCCCCCN.CCCCCN(C)CCCCC.CCCNCCN1CCN(CCN)CC1.CCCOCCOCCN.CNCCOCCNC. The molecule has 15 heteroatoms. The van der Waals surface area contributed by atoms with Gasteiger partial charge in [-0.2, -0.15) is 0 Å². The molecule has 0 aromatic heterocycles. The largest absolute Gasteiger partial charge is 0.396 e. The third-order valence-electron chi connectivity index (χ3n) is 13.3. The lowest BCUT2D eigenvalue weighted by Gasteiger charge is -2.34. The number of unbranched alkanes of at least 4 members (excludes halogenated alkanes) is 22. The van der Waals surface area contributed by atoms with Crippen molar-refractivity contribution in [2.75, 3.05) is 185 Å². The second-order valence-electron chi connectivity index (χ2n) is 21.5. The highest BCUT2D eigenvalue weighted by Crippen LogP contribution is 2.10. The Morgan fingerprint density at radius 2 is 0.725 bits per heavy atom. The Bertz CT molecular complexity index is 859. The summed E-state index contributed by atoms with van der Waals surface area (Å²) < 4.78 is 15.4. The number of hydrogen-bond acceptors (Lipinski definition) is 15. The van der Waals surface area contributed by atoms with Crippen LogP contribution in [0.4, 0.5) is 0 Å². The van der Waals surface area contributed by atoms with Crippen LogP contribution in [-0.4, -0.2) is 205 Å². The predicted molar refractivity (Wildman–Crippen MR) is 358 cm³/mol. The van der Waals surface area contributed by atoms with E-state index in [0.717, 1.165) is 85.0 Å². The minimum Gasteiger partial charge on any atom is -0.396 e. The van der Waals surface area contributed by atoms with Crippen LogP contribution in [0.3, 0.4) is 0 Å². The molecule has 0 saturated carbocycles. The van der Waals surface area contributed by atoms with Crippen LogP contribution in [-0.2, 0) is 14.2 Å². The van der Waals surface area contributed by atoms with Crippen LogP contribution in [0.15, 0.2) is 0 Å². The van der Waals surface area contributed by atoms with Gasteiger partial charge in [-0.25, -0.2) is 0 Å². The molecule has 0 unspecified atom stereocenters. The first kappa shape index (κ1) is 90.6. The van der Waals surface area contributed by atoms with Gasteiger partial charge in [0, 0.05) is 85.2 Å². The van der Waals surface area contributed by atoms with Crippen molar-refractivity contribution in [2.24, 2.45) is 22.9 Å². The van der Waals surface area contributed by atoms with Gasteiger partial charge in [0.05, 0.1) is 33.0 Å². The van der Waals surface area contributed by atoms with Crippen molar-refractivity contribution in [1.82, 2.24) is 36.0 Å². The predicted octanol–water partition coefficient (Wildman–Crippen LogP) is 10.8. The lowest BCUT2D eigenvalue weighted by molar-refractivity contribution is 0.0510. The van der Waals surface area contributed by atoms with Gasteiger partial charge in [0.25, 0.3) is 0 Å². The fraction of sp³-hybridized carbons (Fsp3) is 1.00. The Labute approximate surface area is 502 Å². The smallest absolute Gasteiger partial charge is 0.0701 e. The lowest BCUT2D eigenvalue weighted by atomic mass is 10.1. The van der Waals surface area contributed by atoms with Crippen molar-refractivity contribution in [1.29, 1.82) is 0 Å². The maximum atomic E-state index is 8.37. The van der Waals surface area contributed by atoms with Crippen LogP contribution in [0.5, 0.6) is 0 Å². The van der Waals surface area contributed by atoms with Gasteiger partial charge in [0.15, 0.2) is 0 Å². The Kier molecular flexibility index (Phi) is 107. The summed E-state index contributed by atoms with van der Waals surface area (Å²) in [4.78, 5) is 7.46. The molecular formula is C65H153N11O4. The topological polar surface area (TPSA) is 210 Å². The summed E-state index contributed by atoms with van der Waals surface area (Å²) in [5, 5.41) is 21.3. The molecule has 0 aromatic rings. The number of rotatable bonds is 53. The van der Waals surface area contributed by atoms with Crippen LogP contribution < -0.4 is 44.2 Å². The summed E-state index contributed by atoms with van der Waals surface area (Å²) in [5.41, 5.74) is 21.6. The van der Waals surface area contributed by atoms with E-state index in [1.54, 1.807) is 0 Å². The Morgan fingerprint density at radius 3 is 1.12 bits per heavy atom. The number of nitrogens with one attached hydrogen (secondary N) is 4. The summed E-state index contributed by atoms with van der Waals surface area (Å²) in [5.74, 6) is 0. The highest BCUT2D eigenvalue weighted by atomic mass is 16.5. The molecule has 0 amide bonds. The molecular weight excluding hydrogens is 999 g/mol. The first-order chi connectivity index (χ1) is 39.2.